The van der Waals surface area contributed by atoms with Gasteiger partial charge in [-0.3, -0.25) is 0 Å². The van der Waals surface area contributed by atoms with Crippen LogP contribution >= 0.6 is 0 Å². The first kappa shape index (κ1) is 15.1. The first-order valence-corrected chi connectivity index (χ1v) is 7.47. The molecule has 0 bridgehead atoms. The lowest BCUT2D eigenvalue weighted by Crippen LogP contribution is -2.10. The van der Waals surface area contributed by atoms with Crippen LogP contribution in [0.2, 0.25) is 0 Å². The predicted molar refractivity (Wildman–Crippen MR) is 91.9 cm³/mol. The molecule has 0 amide bonds. The minimum absolute atomic E-state index is 0.242. The van der Waals surface area contributed by atoms with Crippen LogP contribution in [0.5, 0.6) is 0 Å². The summed E-state index contributed by atoms with van der Waals surface area (Å²) in [6, 6.07) is 10.6. The molecule has 0 N–H and O–H groups in total. The van der Waals surface area contributed by atoms with Crippen LogP contribution in [0, 0.1) is 18.3 Å². The Balaban J connectivity index is 2.50. The molecular weight excluding hydrogens is 252 g/mol. The van der Waals surface area contributed by atoms with E-state index >= 15 is 0 Å². The number of terminal acetylenes is 1. The van der Waals surface area contributed by atoms with Crippen LogP contribution in [0.4, 0.5) is 0 Å². The van der Waals surface area contributed by atoms with Gasteiger partial charge in [-0.15, -0.1) is 6.42 Å². The van der Waals surface area contributed by atoms with Crippen molar-refractivity contribution in [1.29, 1.82) is 0 Å². The molecule has 0 saturated heterocycles. The predicted octanol–water partition coefficient (Wildman–Crippen LogP) is 5.43. The maximum atomic E-state index is 5.54. The quantitative estimate of drug-likeness (QED) is 0.507. The molecule has 0 heterocycles. The average Bonchev–Trinajstić information content (AvgIpc) is 2.49. The third kappa shape index (κ3) is 3.86. The van der Waals surface area contributed by atoms with Gasteiger partial charge in [-0.1, -0.05) is 79.1 Å². The third-order valence-electron chi connectivity index (χ3n) is 3.75. The van der Waals surface area contributed by atoms with Crippen molar-refractivity contribution in [2.24, 2.45) is 5.92 Å². The van der Waals surface area contributed by atoms with E-state index < -0.39 is 0 Å². The van der Waals surface area contributed by atoms with Gasteiger partial charge in [0.15, 0.2) is 0 Å². The lowest BCUT2D eigenvalue weighted by atomic mass is 9.78. The van der Waals surface area contributed by atoms with Crippen LogP contribution in [0.15, 0.2) is 77.9 Å². The molecular formula is C21H22. The summed E-state index contributed by atoms with van der Waals surface area (Å²) in [7, 11) is 0. The fourth-order valence-corrected chi connectivity index (χ4v) is 2.87. The van der Waals surface area contributed by atoms with Gasteiger partial charge in [-0.2, -0.15) is 0 Å². The van der Waals surface area contributed by atoms with Gasteiger partial charge in [0, 0.05) is 5.92 Å². The topological polar surface area (TPSA) is 0 Å². The second-order valence-electron chi connectivity index (χ2n) is 5.46. The molecule has 106 valence electrons. The summed E-state index contributed by atoms with van der Waals surface area (Å²) in [5.41, 5.74) is 3.90. The van der Waals surface area contributed by atoms with E-state index in [1.54, 1.807) is 0 Å². The van der Waals surface area contributed by atoms with Crippen molar-refractivity contribution in [1.82, 2.24) is 0 Å². The van der Waals surface area contributed by atoms with Crippen LogP contribution in [0.3, 0.4) is 0 Å². The molecule has 0 saturated carbocycles. The van der Waals surface area contributed by atoms with Crippen LogP contribution in [0.25, 0.3) is 0 Å². The Morgan fingerprint density at radius 1 is 1.33 bits per heavy atom. The third-order valence-corrected chi connectivity index (χ3v) is 3.75. The van der Waals surface area contributed by atoms with Gasteiger partial charge in [0.2, 0.25) is 0 Å². The number of hydrogen-bond donors (Lipinski definition) is 0. The van der Waals surface area contributed by atoms with Gasteiger partial charge in [0.25, 0.3) is 0 Å². The van der Waals surface area contributed by atoms with Gasteiger partial charge in [0.05, 0.1) is 0 Å². The number of rotatable bonds is 4. The fourth-order valence-electron chi connectivity index (χ4n) is 2.87. The van der Waals surface area contributed by atoms with Crippen LogP contribution in [-0.2, 0) is 0 Å². The zero-order chi connectivity index (χ0) is 15.1. The monoisotopic (exact) mass is 274 g/mol. The first-order chi connectivity index (χ1) is 10.3. The van der Waals surface area contributed by atoms with Crippen molar-refractivity contribution in [3.8, 4) is 12.3 Å². The summed E-state index contributed by atoms with van der Waals surface area (Å²) >= 11 is 0. The highest BCUT2D eigenvalue weighted by Gasteiger charge is 2.21. The van der Waals surface area contributed by atoms with Crippen molar-refractivity contribution >= 4 is 0 Å². The summed E-state index contributed by atoms with van der Waals surface area (Å²) in [4.78, 5) is 0. The number of allylic oxidation sites excluding steroid dienone is 8. The van der Waals surface area contributed by atoms with Crippen LogP contribution in [-0.4, -0.2) is 0 Å². The second-order valence-corrected chi connectivity index (χ2v) is 5.46. The van der Waals surface area contributed by atoms with Gasteiger partial charge in [-0.25, -0.2) is 0 Å². The van der Waals surface area contributed by atoms with Crippen molar-refractivity contribution in [2.75, 3.05) is 0 Å². The lowest BCUT2D eigenvalue weighted by molar-refractivity contribution is 0.672. The molecule has 0 fully saturated rings. The molecule has 0 heteroatoms. The Kier molecular flexibility index (Phi) is 5.41. The Morgan fingerprint density at radius 3 is 2.71 bits per heavy atom. The Labute approximate surface area is 128 Å². The molecule has 21 heavy (non-hydrogen) atoms. The number of hydrogen-bond acceptors (Lipinski definition) is 0. The zero-order valence-corrected chi connectivity index (χ0v) is 12.8. The minimum Gasteiger partial charge on any atom is -0.115 e. The molecule has 0 aliphatic heterocycles. The summed E-state index contributed by atoms with van der Waals surface area (Å²) in [6.45, 7) is 4.29. The Morgan fingerprint density at radius 2 is 2.10 bits per heavy atom. The maximum Gasteiger partial charge on any atom is 0.0308 e. The van der Waals surface area contributed by atoms with E-state index in [9.17, 15) is 0 Å². The summed E-state index contributed by atoms with van der Waals surface area (Å²) in [6.07, 6.45) is 19.4. The first-order valence-electron chi connectivity index (χ1n) is 7.47. The van der Waals surface area contributed by atoms with Gasteiger partial charge in [0.1, 0.15) is 0 Å². The summed E-state index contributed by atoms with van der Waals surface area (Å²) in [5, 5.41) is 0. The molecule has 2 rings (SSSR count). The van der Waals surface area contributed by atoms with E-state index in [0.717, 1.165) is 6.42 Å². The zero-order valence-electron chi connectivity index (χ0n) is 12.8. The largest absolute Gasteiger partial charge is 0.115 e. The van der Waals surface area contributed by atoms with Crippen molar-refractivity contribution < 1.29 is 0 Å². The molecule has 2 atom stereocenters. The highest BCUT2D eigenvalue weighted by molar-refractivity contribution is 5.47. The molecule has 1 aromatic carbocycles. The summed E-state index contributed by atoms with van der Waals surface area (Å²) in [5.74, 6) is 3.51. The standard InChI is InChI=1S/C21H22/c1-4-10-18(11-5-2)21(19-13-7-6-8-14-19)20-15-9-12-17(3)16-20/h1,5-15,17,21H,16H2,2-3H3. The fraction of sp³-hybridized carbons (Fsp3) is 0.238. The second kappa shape index (κ2) is 7.50. The maximum absolute atomic E-state index is 5.54. The van der Waals surface area contributed by atoms with Gasteiger partial charge in [-0.05, 0) is 36.5 Å². The van der Waals surface area contributed by atoms with E-state index in [0.29, 0.717) is 5.92 Å². The SMILES string of the molecule is C#CC=C(C=CC)C(C1=CC=CC(C)C1)c1ccccc1. The molecule has 0 nitrogen and oxygen atoms in total. The van der Waals surface area contributed by atoms with Crippen molar-refractivity contribution in [3.63, 3.8) is 0 Å². The van der Waals surface area contributed by atoms with E-state index in [2.05, 4.69) is 73.6 Å². The minimum atomic E-state index is 0.242. The Hall–Kier alpha value is -2.26. The van der Waals surface area contributed by atoms with Crippen LogP contribution < -0.4 is 0 Å². The van der Waals surface area contributed by atoms with Gasteiger partial charge < -0.3 is 0 Å². The number of benzene rings is 1. The van der Waals surface area contributed by atoms with E-state index in [1.807, 2.05) is 13.0 Å². The summed E-state index contributed by atoms with van der Waals surface area (Å²) < 4.78 is 0. The smallest absolute Gasteiger partial charge is 0.0308 e. The van der Waals surface area contributed by atoms with Gasteiger partial charge >= 0.3 is 0 Å². The molecule has 1 aliphatic rings. The molecule has 1 aliphatic carbocycles. The molecule has 1 aromatic rings. The molecule has 0 aromatic heterocycles. The average molecular weight is 274 g/mol. The molecule has 0 radical (unpaired) electrons. The van der Waals surface area contributed by atoms with Crippen molar-refractivity contribution in [2.45, 2.75) is 26.2 Å². The molecule has 2 unspecified atom stereocenters. The van der Waals surface area contributed by atoms with Crippen molar-refractivity contribution in [3.05, 3.63) is 83.5 Å². The molecule has 0 spiro atoms. The highest BCUT2D eigenvalue weighted by Crippen LogP contribution is 2.37. The Bertz CT molecular complexity index is 618. The van der Waals surface area contributed by atoms with E-state index in [4.69, 9.17) is 6.42 Å². The highest BCUT2D eigenvalue weighted by atomic mass is 14.2. The lowest BCUT2D eigenvalue weighted by Gasteiger charge is -2.25. The van der Waals surface area contributed by atoms with E-state index in [-0.39, 0.29) is 5.92 Å². The van der Waals surface area contributed by atoms with E-state index in [1.165, 1.54) is 16.7 Å². The van der Waals surface area contributed by atoms with Crippen LogP contribution in [0.1, 0.15) is 31.7 Å². The normalized spacial score (nSPS) is 20.1.